The fourth-order valence-corrected chi connectivity index (χ4v) is 5.02. The Morgan fingerprint density at radius 3 is 1.95 bits per heavy atom. The van der Waals surface area contributed by atoms with Gasteiger partial charge in [0.05, 0.1) is 13.2 Å². The van der Waals surface area contributed by atoms with Crippen molar-refractivity contribution in [1.29, 1.82) is 0 Å². The van der Waals surface area contributed by atoms with Crippen LogP contribution < -0.4 is 0 Å². The summed E-state index contributed by atoms with van der Waals surface area (Å²) in [6.45, 7) is 8.37. The topological polar surface area (TPSA) is 44.8 Å². The highest BCUT2D eigenvalue weighted by atomic mass is 80.0. The first-order valence-electron chi connectivity index (χ1n) is 6.20. The van der Waals surface area contributed by atoms with Crippen LogP contribution in [0.1, 0.15) is 34.1 Å². The zero-order valence-corrected chi connectivity index (χ0v) is 17.1. The van der Waals surface area contributed by atoms with Gasteiger partial charge in [0.15, 0.2) is 2.14 Å². The Balaban J connectivity index is 2.85. The summed E-state index contributed by atoms with van der Waals surface area (Å²) in [6.07, 6.45) is 0.631. The highest BCUT2D eigenvalue weighted by molar-refractivity contribution is 9.39. The SMILES string of the molecule is CCOP(=O)(OCC)O[C@H]([C@@H]1CC1(C)C)C(Br)(Br)Br. The molecule has 1 rings (SSSR count). The fourth-order valence-electron chi connectivity index (χ4n) is 1.94. The summed E-state index contributed by atoms with van der Waals surface area (Å²) in [6, 6.07) is 0. The van der Waals surface area contributed by atoms with Crippen LogP contribution in [-0.4, -0.2) is 21.5 Å². The standard InChI is InChI=1S/C11H20Br3O4P/c1-5-16-19(15,17-6-2)18-9(11(12,13)14)8-7-10(8,3)4/h8-9H,5-7H2,1-4H3/t8-,9+/m0/s1. The van der Waals surface area contributed by atoms with Gasteiger partial charge < -0.3 is 0 Å². The third-order valence-corrected chi connectivity index (χ3v) is 6.08. The van der Waals surface area contributed by atoms with Crippen molar-refractivity contribution in [2.24, 2.45) is 11.3 Å². The molecular weight excluding hydrogens is 467 g/mol. The van der Waals surface area contributed by atoms with E-state index < -0.39 is 9.97 Å². The summed E-state index contributed by atoms with van der Waals surface area (Å²) in [7, 11) is -3.53. The normalized spacial score (nSPS) is 24.3. The molecule has 0 radical (unpaired) electrons. The summed E-state index contributed by atoms with van der Waals surface area (Å²) in [4.78, 5) is 0. The van der Waals surface area contributed by atoms with E-state index >= 15 is 0 Å². The molecule has 0 aromatic rings. The number of hydrogen-bond donors (Lipinski definition) is 0. The third-order valence-electron chi connectivity index (χ3n) is 3.09. The second-order valence-corrected chi connectivity index (χ2v) is 13.7. The van der Waals surface area contributed by atoms with Crippen LogP contribution in [0.3, 0.4) is 0 Å². The summed E-state index contributed by atoms with van der Waals surface area (Å²) in [5.41, 5.74) is 0.161. The van der Waals surface area contributed by atoms with Gasteiger partial charge in [0.25, 0.3) is 0 Å². The van der Waals surface area contributed by atoms with Crippen molar-refractivity contribution in [2.45, 2.75) is 42.4 Å². The quantitative estimate of drug-likeness (QED) is 0.355. The average Bonchev–Trinajstić information content (AvgIpc) is 2.83. The van der Waals surface area contributed by atoms with E-state index in [1.807, 2.05) is 0 Å². The van der Waals surface area contributed by atoms with Gasteiger partial charge in [-0.15, -0.1) is 0 Å². The van der Waals surface area contributed by atoms with Gasteiger partial charge in [0.2, 0.25) is 0 Å². The molecule has 0 aliphatic heterocycles. The first kappa shape index (κ1) is 18.6. The van der Waals surface area contributed by atoms with Crippen LogP contribution >= 0.6 is 55.6 Å². The highest BCUT2D eigenvalue weighted by Crippen LogP contribution is 2.64. The molecule has 1 aliphatic carbocycles. The Labute approximate surface area is 140 Å². The van der Waals surface area contributed by atoms with Crippen molar-refractivity contribution in [2.75, 3.05) is 13.2 Å². The molecule has 1 aliphatic rings. The molecule has 0 saturated heterocycles. The minimum atomic E-state index is -3.53. The molecule has 2 atom stereocenters. The summed E-state index contributed by atoms with van der Waals surface area (Å²) < 4.78 is 27.9. The molecule has 1 saturated carbocycles. The molecule has 19 heavy (non-hydrogen) atoms. The molecule has 0 N–H and O–H groups in total. The molecule has 0 bridgehead atoms. The Morgan fingerprint density at radius 2 is 1.68 bits per heavy atom. The minimum absolute atomic E-state index is 0.161. The zero-order valence-electron chi connectivity index (χ0n) is 11.5. The predicted molar refractivity (Wildman–Crippen MR) is 87.1 cm³/mol. The maximum Gasteiger partial charge on any atom is 0.475 e. The molecule has 0 unspecified atom stereocenters. The Morgan fingerprint density at radius 1 is 1.26 bits per heavy atom. The third kappa shape index (κ3) is 5.35. The Kier molecular flexibility index (Phi) is 6.62. The number of phosphoric ester groups is 1. The molecule has 4 nitrogen and oxygen atoms in total. The first-order valence-corrected chi connectivity index (χ1v) is 10.0. The van der Waals surface area contributed by atoms with E-state index in [0.717, 1.165) is 6.42 Å². The minimum Gasteiger partial charge on any atom is -0.287 e. The van der Waals surface area contributed by atoms with Crippen LogP contribution in [0.4, 0.5) is 0 Å². The van der Waals surface area contributed by atoms with E-state index in [-0.39, 0.29) is 30.7 Å². The highest BCUT2D eigenvalue weighted by Gasteiger charge is 2.58. The first-order chi connectivity index (χ1) is 8.56. The van der Waals surface area contributed by atoms with Crippen LogP contribution in [0.15, 0.2) is 0 Å². The number of phosphoric acid groups is 1. The average molecular weight is 487 g/mol. The van der Waals surface area contributed by atoms with E-state index in [0.29, 0.717) is 0 Å². The summed E-state index contributed by atoms with van der Waals surface area (Å²) >= 11 is 10.4. The van der Waals surface area contributed by atoms with Gasteiger partial charge in [-0.3, -0.25) is 13.6 Å². The van der Waals surface area contributed by atoms with Crippen molar-refractivity contribution >= 4 is 55.6 Å². The predicted octanol–water partition coefficient (Wildman–Crippen LogP) is 5.44. The molecule has 8 heteroatoms. The van der Waals surface area contributed by atoms with Gasteiger partial charge in [-0.2, -0.15) is 0 Å². The van der Waals surface area contributed by atoms with Gasteiger partial charge in [-0.25, -0.2) is 4.57 Å². The molecule has 114 valence electrons. The number of alkyl halides is 3. The van der Waals surface area contributed by atoms with Crippen molar-refractivity contribution in [3.63, 3.8) is 0 Å². The molecule has 0 heterocycles. The van der Waals surface area contributed by atoms with Crippen LogP contribution in [0.2, 0.25) is 0 Å². The largest absolute Gasteiger partial charge is 0.475 e. The van der Waals surface area contributed by atoms with Crippen molar-refractivity contribution < 1.29 is 18.1 Å². The van der Waals surface area contributed by atoms with E-state index in [2.05, 4.69) is 61.6 Å². The van der Waals surface area contributed by atoms with E-state index in [1.54, 1.807) is 13.8 Å². The van der Waals surface area contributed by atoms with E-state index in [9.17, 15) is 4.57 Å². The molecule has 0 aromatic carbocycles. The van der Waals surface area contributed by atoms with Crippen molar-refractivity contribution in [3.05, 3.63) is 0 Å². The number of halogens is 3. The van der Waals surface area contributed by atoms with Crippen LogP contribution in [0, 0.1) is 11.3 Å². The fraction of sp³-hybridized carbons (Fsp3) is 1.00. The molecular formula is C11H20Br3O4P. The van der Waals surface area contributed by atoms with Gasteiger partial charge >= 0.3 is 7.82 Å². The molecule has 1 fully saturated rings. The number of hydrogen-bond acceptors (Lipinski definition) is 4. The number of rotatable bonds is 7. The van der Waals surface area contributed by atoms with Gasteiger partial charge in [0.1, 0.15) is 6.10 Å². The van der Waals surface area contributed by atoms with Crippen LogP contribution in [0.25, 0.3) is 0 Å². The van der Waals surface area contributed by atoms with Crippen LogP contribution in [-0.2, 0) is 18.1 Å². The lowest BCUT2D eigenvalue weighted by Gasteiger charge is -2.30. The summed E-state index contributed by atoms with van der Waals surface area (Å²) in [5.74, 6) is 0.264. The van der Waals surface area contributed by atoms with E-state index in [1.165, 1.54) is 0 Å². The molecule has 0 amide bonds. The van der Waals surface area contributed by atoms with Crippen molar-refractivity contribution in [3.8, 4) is 0 Å². The lowest BCUT2D eigenvalue weighted by molar-refractivity contribution is 0.0744. The molecule has 0 aromatic heterocycles. The van der Waals surface area contributed by atoms with Crippen LogP contribution in [0.5, 0.6) is 0 Å². The van der Waals surface area contributed by atoms with Crippen molar-refractivity contribution in [1.82, 2.24) is 0 Å². The molecule has 0 spiro atoms. The zero-order chi connectivity index (χ0) is 14.9. The van der Waals surface area contributed by atoms with E-state index in [4.69, 9.17) is 13.6 Å². The second kappa shape index (κ2) is 6.76. The Bertz CT molecular complexity index is 346. The lowest BCUT2D eigenvalue weighted by Crippen LogP contribution is -2.31. The van der Waals surface area contributed by atoms with Gasteiger partial charge in [0, 0.05) is 0 Å². The van der Waals surface area contributed by atoms with Gasteiger partial charge in [-0.1, -0.05) is 61.6 Å². The monoisotopic (exact) mass is 484 g/mol. The summed E-state index contributed by atoms with van der Waals surface area (Å²) in [5, 5.41) is 0. The smallest absolute Gasteiger partial charge is 0.287 e. The Hall–Kier alpha value is 1.55. The second-order valence-electron chi connectivity index (χ2n) is 5.15. The lowest BCUT2D eigenvalue weighted by atomic mass is 10.1. The maximum absolute atomic E-state index is 12.5. The van der Waals surface area contributed by atoms with Gasteiger partial charge in [-0.05, 0) is 31.6 Å². The maximum atomic E-state index is 12.5.